The standard InChI is InChI=1S/C13H16INO3/c1-3-15(9-8-12(16)18-2)13(17)10-4-6-11(14)7-5-10/h4-7H,3,8-9H2,1-2H3. The number of hydrogen-bond acceptors (Lipinski definition) is 3. The molecule has 0 radical (unpaired) electrons. The Morgan fingerprint density at radius 2 is 1.89 bits per heavy atom. The molecule has 0 saturated heterocycles. The maximum Gasteiger partial charge on any atom is 0.307 e. The Kier molecular flexibility index (Phi) is 6.11. The Labute approximate surface area is 120 Å². The van der Waals surface area contributed by atoms with Crippen molar-refractivity contribution < 1.29 is 14.3 Å². The molecule has 1 rings (SSSR count). The fourth-order valence-electron chi connectivity index (χ4n) is 1.51. The number of carbonyl (C=O) groups excluding carboxylic acids is 2. The Hall–Kier alpha value is -1.11. The van der Waals surface area contributed by atoms with Gasteiger partial charge in [0.25, 0.3) is 5.91 Å². The smallest absolute Gasteiger partial charge is 0.307 e. The van der Waals surface area contributed by atoms with Crippen LogP contribution in [0.15, 0.2) is 24.3 Å². The maximum atomic E-state index is 12.2. The number of benzene rings is 1. The first kappa shape index (κ1) is 14.9. The molecule has 5 heteroatoms. The van der Waals surface area contributed by atoms with Gasteiger partial charge in [0.1, 0.15) is 0 Å². The van der Waals surface area contributed by atoms with Crippen LogP contribution in [0.5, 0.6) is 0 Å². The fourth-order valence-corrected chi connectivity index (χ4v) is 1.87. The molecular weight excluding hydrogens is 345 g/mol. The second-order valence-corrected chi connectivity index (χ2v) is 4.96. The van der Waals surface area contributed by atoms with Gasteiger partial charge in [0, 0.05) is 22.2 Å². The Bertz CT molecular complexity index is 417. The lowest BCUT2D eigenvalue weighted by Crippen LogP contribution is -2.33. The van der Waals surface area contributed by atoms with Crippen molar-refractivity contribution >= 4 is 34.5 Å². The molecule has 18 heavy (non-hydrogen) atoms. The number of esters is 1. The highest BCUT2D eigenvalue weighted by Crippen LogP contribution is 2.10. The van der Waals surface area contributed by atoms with Crippen LogP contribution >= 0.6 is 22.6 Å². The highest BCUT2D eigenvalue weighted by Gasteiger charge is 2.15. The zero-order valence-corrected chi connectivity index (χ0v) is 12.6. The summed E-state index contributed by atoms with van der Waals surface area (Å²) in [4.78, 5) is 24.9. The SMILES string of the molecule is CCN(CCC(=O)OC)C(=O)c1ccc(I)cc1. The van der Waals surface area contributed by atoms with Crippen molar-refractivity contribution in [3.8, 4) is 0 Å². The molecule has 0 spiro atoms. The quantitative estimate of drug-likeness (QED) is 0.597. The van der Waals surface area contributed by atoms with Gasteiger partial charge in [0.15, 0.2) is 0 Å². The van der Waals surface area contributed by atoms with E-state index in [9.17, 15) is 9.59 Å². The average molecular weight is 361 g/mol. The van der Waals surface area contributed by atoms with Crippen LogP contribution in [0.4, 0.5) is 0 Å². The number of ether oxygens (including phenoxy) is 1. The van der Waals surface area contributed by atoms with Crippen LogP contribution in [0.3, 0.4) is 0 Å². The van der Waals surface area contributed by atoms with Gasteiger partial charge in [-0.2, -0.15) is 0 Å². The minimum absolute atomic E-state index is 0.0576. The van der Waals surface area contributed by atoms with Crippen molar-refractivity contribution in [3.63, 3.8) is 0 Å². The Balaban J connectivity index is 2.67. The highest BCUT2D eigenvalue weighted by atomic mass is 127. The van der Waals surface area contributed by atoms with Gasteiger partial charge in [-0.25, -0.2) is 0 Å². The summed E-state index contributed by atoms with van der Waals surface area (Å²) in [5, 5.41) is 0. The van der Waals surface area contributed by atoms with Crippen LogP contribution in [-0.4, -0.2) is 37.0 Å². The molecule has 0 heterocycles. The predicted molar refractivity (Wildman–Crippen MR) is 77.4 cm³/mol. The van der Waals surface area contributed by atoms with E-state index in [4.69, 9.17) is 0 Å². The third-order valence-electron chi connectivity index (χ3n) is 2.57. The molecular formula is C13H16INO3. The zero-order valence-electron chi connectivity index (χ0n) is 10.5. The number of rotatable bonds is 5. The molecule has 1 aromatic rings. The summed E-state index contributed by atoms with van der Waals surface area (Å²) in [6.07, 6.45) is 0.223. The van der Waals surface area contributed by atoms with E-state index in [-0.39, 0.29) is 18.3 Å². The van der Waals surface area contributed by atoms with Crippen LogP contribution in [0, 0.1) is 3.57 Å². The summed E-state index contributed by atoms with van der Waals surface area (Å²) in [6, 6.07) is 7.37. The molecule has 0 unspecified atom stereocenters. The van der Waals surface area contributed by atoms with Crippen molar-refractivity contribution in [2.24, 2.45) is 0 Å². The molecule has 0 atom stereocenters. The van der Waals surface area contributed by atoms with E-state index < -0.39 is 0 Å². The molecule has 98 valence electrons. The molecule has 0 aliphatic rings. The molecule has 0 fully saturated rings. The monoisotopic (exact) mass is 361 g/mol. The van der Waals surface area contributed by atoms with Crippen LogP contribution in [0.25, 0.3) is 0 Å². The molecule has 0 aliphatic heterocycles. The highest BCUT2D eigenvalue weighted by molar-refractivity contribution is 14.1. The van der Waals surface area contributed by atoms with Gasteiger partial charge in [-0.3, -0.25) is 9.59 Å². The van der Waals surface area contributed by atoms with E-state index in [1.807, 2.05) is 19.1 Å². The molecule has 4 nitrogen and oxygen atoms in total. The summed E-state index contributed by atoms with van der Waals surface area (Å²) >= 11 is 2.19. The zero-order chi connectivity index (χ0) is 13.5. The minimum Gasteiger partial charge on any atom is -0.469 e. The van der Waals surface area contributed by atoms with E-state index in [0.29, 0.717) is 18.7 Å². The lowest BCUT2D eigenvalue weighted by Gasteiger charge is -2.20. The first-order chi connectivity index (χ1) is 8.58. The molecule has 0 N–H and O–H groups in total. The molecule has 1 amide bonds. The van der Waals surface area contributed by atoms with Crippen molar-refractivity contribution in [2.45, 2.75) is 13.3 Å². The third-order valence-corrected chi connectivity index (χ3v) is 3.29. The van der Waals surface area contributed by atoms with Crippen LogP contribution < -0.4 is 0 Å². The number of methoxy groups -OCH3 is 1. The van der Waals surface area contributed by atoms with Crippen molar-refractivity contribution in [2.75, 3.05) is 20.2 Å². The van der Waals surface area contributed by atoms with Gasteiger partial charge < -0.3 is 9.64 Å². The summed E-state index contributed by atoms with van der Waals surface area (Å²) in [7, 11) is 1.35. The van der Waals surface area contributed by atoms with E-state index >= 15 is 0 Å². The molecule has 0 aromatic heterocycles. The molecule has 0 saturated carbocycles. The lowest BCUT2D eigenvalue weighted by atomic mass is 10.2. The second-order valence-electron chi connectivity index (χ2n) is 3.72. The van der Waals surface area contributed by atoms with Gasteiger partial charge in [0.05, 0.1) is 13.5 Å². The minimum atomic E-state index is -0.302. The third kappa shape index (κ3) is 4.29. The fraction of sp³-hybridized carbons (Fsp3) is 0.385. The van der Waals surface area contributed by atoms with Gasteiger partial charge in [-0.1, -0.05) is 0 Å². The number of hydrogen-bond donors (Lipinski definition) is 0. The van der Waals surface area contributed by atoms with Crippen molar-refractivity contribution in [3.05, 3.63) is 33.4 Å². The summed E-state index contributed by atoms with van der Waals surface area (Å²) < 4.78 is 5.65. The average Bonchev–Trinajstić information content (AvgIpc) is 2.39. The van der Waals surface area contributed by atoms with E-state index in [2.05, 4.69) is 27.3 Å². The number of carbonyl (C=O) groups is 2. The number of amides is 1. The van der Waals surface area contributed by atoms with Gasteiger partial charge in [-0.15, -0.1) is 0 Å². The number of nitrogens with zero attached hydrogens (tertiary/aromatic N) is 1. The van der Waals surface area contributed by atoms with Gasteiger partial charge in [-0.05, 0) is 53.8 Å². The topological polar surface area (TPSA) is 46.6 Å². The first-order valence-corrected chi connectivity index (χ1v) is 6.78. The largest absolute Gasteiger partial charge is 0.469 e. The lowest BCUT2D eigenvalue weighted by molar-refractivity contribution is -0.140. The van der Waals surface area contributed by atoms with Crippen LogP contribution in [0.2, 0.25) is 0 Å². The Morgan fingerprint density at radius 1 is 1.28 bits per heavy atom. The van der Waals surface area contributed by atoms with Gasteiger partial charge >= 0.3 is 5.97 Å². The van der Waals surface area contributed by atoms with E-state index in [0.717, 1.165) is 3.57 Å². The van der Waals surface area contributed by atoms with Crippen LogP contribution in [0.1, 0.15) is 23.7 Å². The van der Waals surface area contributed by atoms with Crippen molar-refractivity contribution in [1.82, 2.24) is 4.90 Å². The van der Waals surface area contributed by atoms with Crippen LogP contribution in [-0.2, 0) is 9.53 Å². The summed E-state index contributed by atoms with van der Waals surface area (Å²) in [5.41, 5.74) is 0.641. The molecule has 0 aliphatic carbocycles. The maximum absolute atomic E-state index is 12.2. The van der Waals surface area contributed by atoms with E-state index in [1.165, 1.54) is 7.11 Å². The Morgan fingerprint density at radius 3 is 2.39 bits per heavy atom. The first-order valence-electron chi connectivity index (χ1n) is 5.70. The summed E-state index contributed by atoms with van der Waals surface area (Å²) in [5.74, 6) is -0.360. The van der Waals surface area contributed by atoms with E-state index in [1.54, 1.807) is 17.0 Å². The number of halogens is 1. The normalized spacial score (nSPS) is 9.94. The molecule has 0 bridgehead atoms. The summed E-state index contributed by atoms with van der Waals surface area (Å²) in [6.45, 7) is 2.84. The van der Waals surface area contributed by atoms with Gasteiger partial charge in [0.2, 0.25) is 0 Å². The predicted octanol–water partition coefficient (Wildman–Crippen LogP) is 2.32. The molecule has 1 aromatic carbocycles. The van der Waals surface area contributed by atoms with Crippen molar-refractivity contribution in [1.29, 1.82) is 0 Å². The second kappa shape index (κ2) is 7.35.